The third kappa shape index (κ3) is 3.04. The van der Waals surface area contributed by atoms with Crippen molar-refractivity contribution in [2.75, 3.05) is 13.2 Å². The summed E-state index contributed by atoms with van der Waals surface area (Å²) in [4.78, 5) is 25.1. The van der Waals surface area contributed by atoms with Crippen molar-refractivity contribution in [2.24, 2.45) is 0 Å². The van der Waals surface area contributed by atoms with Crippen LogP contribution in [0.25, 0.3) is 0 Å². The average Bonchev–Trinajstić information content (AvgIpc) is 3.27. The number of rotatable bonds is 7. The van der Waals surface area contributed by atoms with Crippen LogP contribution in [0.1, 0.15) is 32.8 Å². The van der Waals surface area contributed by atoms with Crippen LogP contribution in [0, 0.1) is 6.92 Å². The van der Waals surface area contributed by atoms with E-state index in [1.807, 2.05) is 6.92 Å². The fourth-order valence-corrected chi connectivity index (χ4v) is 4.93. The Kier molecular flexibility index (Phi) is 5.53. The molecule has 0 N–H and O–H groups in total. The molecule has 0 spiro atoms. The first-order valence-corrected chi connectivity index (χ1v) is 9.68. The van der Waals surface area contributed by atoms with E-state index in [0.29, 0.717) is 0 Å². The normalized spacial score (nSPS) is 21.4. The predicted molar refractivity (Wildman–Crippen MR) is 90.3 cm³/mol. The number of aryl methyl sites for hydroxylation is 1. The maximum absolute atomic E-state index is 13.0. The van der Waals surface area contributed by atoms with Gasteiger partial charge in [-0.1, -0.05) is 24.6 Å². The van der Waals surface area contributed by atoms with Crippen LogP contribution in [0.4, 0.5) is 0 Å². The molecule has 1 aliphatic rings. The molecule has 1 aliphatic heterocycles. The Morgan fingerprint density at radius 3 is 1.92 bits per heavy atom. The highest BCUT2D eigenvalue weighted by molar-refractivity contribution is 7.89. The first kappa shape index (κ1) is 19.4. The monoisotopic (exact) mass is 369 g/mol. The number of esters is 2. The van der Waals surface area contributed by atoms with E-state index >= 15 is 0 Å². The van der Waals surface area contributed by atoms with Gasteiger partial charge in [0.15, 0.2) is 0 Å². The van der Waals surface area contributed by atoms with Crippen molar-refractivity contribution < 1.29 is 27.5 Å². The molecule has 25 heavy (non-hydrogen) atoms. The molecule has 0 aromatic heterocycles. The van der Waals surface area contributed by atoms with Crippen LogP contribution in [0.2, 0.25) is 0 Å². The van der Waals surface area contributed by atoms with Gasteiger partial charge in [0.25, 0.3) is 0 Å². The number of hydrogen-bond acceptors (Lipinski definition) is 6. The Hall–Kier alpha value is -1.93. The van der Waals surface area contributed by atoms with Crippen molar-refractivity contribution in [2.45, 2.75) is 50.6 Å². The van der Waals surface area contributed by atoms with E-state index in [-0.39, 0.29) is 24.5 Å². The van der Waals surface area contributed by atoms with Gasteiger partial charge in [-0.25, -0.2) is 18.0 Å². The van der Waals surface area contributed by atoms with Gasteiger partial charge in [-0.05, 0) is 39.3 Å². The van der Waals surface area contributed by atoms with E-state index in [1.165, 1.54) is 12.1 Å². The van der Waals surface area contributed by atoms with Crippen molar-refractivity contribution in [3.63, 3.8) is 0 Å². The lowest BCUT2D eigenvalue weighted by Gasteiger charge is -2.15. The predicted octanol–water partition coefficient (Wildman–Crippen LogP) is 1.64. The van der Waals surface area contributed by atoms with Crippen LogP contribution < -0.4 is 0 Å². The van der Waals surface area contributed by atoms with E-state index in [4.69, 9.17) is 9.47 Å². The minimum absolute atomic E-state index is 0.0204. The van der Waals surface area contributed by atoms with Crippen molar-refractivity contribution >= 4 is 22.0 Å². The van der Waals surface area contributed by atoms with Gasteiger partial charge in [-0.2, -0.15) is 4.31 Å². The first-order valence-electron chi connectivity index (χ1n) is 8.24. The molecule has 1 aromatic rings. The number of nitrogens with zero attached hydrogens (tertiary/aromatic N) is 1. The first-order chi connectivity index (χ1) is 11.8. The smallest absolute Gasteiger partial charge is 0.341 e. The molecule has 0 radical (unpaired) electrons. The fourth-order valence-electron chi connectivity index (χ4n) is 2.98. The van der Waals surface area contributed by atoms with Crippen molar-refractivity contribution in [3.05, 3.63) is 29.8 Å². The molecule has 1 saturated heterocycles. The number of hydrogen-bond donors (Lipinski definition) is 0. The van der Waals surface area contributed by atoms with Gasteiger partial charge in [0.05, 0.1) is 24.2 Å². The van der Waals surface area contributed by atoms with Crippen molar-refractivity contribution in [1.29, 1.82) is 0 Å². The second kappa shape index (κ2) is 7.13. The minimum Gasteiger partial charge on any atom is -0.464 e. The average molecular weight is 369 g/mol. The molecule has 1 heterocycles. The molecule has 2 atom stereocenters. The summed E-state index contributed by atoms with van der Waals surface area (Å²) >= 11 is 0. The molecule has 0 saturated carbocycles. The topological polar surface area (TPSA) is 89.8 Å². The highest BCUT2D eigenvalue weighted by Gasteiger charge is 2.79. The van der Waals surface area contributed by atoms with Gasteiger partial charge >= 0.3 is 11.9 Å². The lowest BCUT2D eigenvalue weighted by Crippen LogP contribution is -2.43. The summed E-state index contributed by atoms with van der Waals surface area (Å²) in [5.74, 6) is -1.79. The summed E-state index contributed by atoms with van der Waals surface area (Å²) in [6.07, 6.45) is 0.280. The molecule has 1 aromatic carbocycles. The number of benzene rings is 1. The molecule has 138 valence electrons. The molecule has 8 heteroatoms. The molecule has 1 unspecified atom stereocenters. The zero-order valence-corrected chi connectivity index (χ0v) is 15.6. The van der Waals surface area contributed by atoms with Gasteiger partial charge in [0, 0.05) is 0 Å². The van der Waals surface area contributed by atoms with Crippen LogP contribution in [0.3, 0.4) is 0 Å². The zero-order valence-electron chi connectivity index (χ0n) is 14.8. The van der Waals surface area contributed by atoms with E-state index in [0.717, 1.165) is 9.87 Å². The summed E-state index contributed by atoms with van der Waals surface area (Å²) in [5.41, 5.74) is -1.04. The van der Waals surface area contributed by atoms with E-state index < -0.39 is 33.5 Å². The molecule has 1 fully saturated rings. The van der Waals surface area contributed by atoms with Crippen LogP contribution in [0.5, 0.6) is 0 Å². The summed E-state index contributed by atoms with van der Waals surface area (Å²) in [6.45, 7) is 6.81. The molecular formula is C17H23NO6S. The molecule has 0 bridgehead atoms. The quantitative estimate of drug-likeness (QED) is 0.412. The minimum atomic E-state index is -4.05. The SMILES string of the molecule is CCOC(=O)C1(C(=O)OCC)[C@H](CC)N1S(=O)(=O)c1ccc(C)cc1. The van der Waals surface area contributed by atoms with E-state index in [2.05, 4.69) is 0 Å². The molecule has 7 nitrogen and oxygen atoms in total. The van der Waals surface area contributed by atoms with Crippen LogP contribution >= 0.6 is 0 Å². The fraction of sp³-hybridized carbons (Fsp3) is 0.529. The largest absolute Gasteiger partial charge is 0.464 e. The van der Waals surface area contributed by atoms with Gasteiger partial charge < -0.3 is 9.47 Å². The number of carbonyl (C=O) groups is 2. The number of ether oxygens (including phenoxy) is 2. The molecule has 0 amide bonds. The zero-order chi connectivity index (χ0) is 18.8. The molecular weight excluding hydrogens is 346 g/mol. The Labute approximate surface area is 148 Å². The third-order valence-corrected chi connectivity index (χ3v) is 6.11. The van der Waals surface area contributed by atoms with Gasteiger partial charge in [-0.3, -0.25) is 0 Å². The van der Waals surface area contributed by atoms with Gasteiger partial charge in [0.2, 0.25) is 15.6 Å². The number of sulfonamides is 1. The lowest BCUT2D eigenvalue weighted by molar-refractivity contribution is -0.160. The second-order valence-electron chi connectivity index (χ2n) is 5.75. The van der Waals surface area contributed by atoms with Crippen LogP contribution in [-0.2, 0) is 29.1 Å². The highest BCUT2D eigenvalue weighted by atomic mass is 32.2. The van der Waals surface area contributed by atoms with Crippen molar-refractivity contribution in [1.82, 2.24) is 4.31 Å². The maximum Gasteiger partial charge on any atom is 0.341 e. The Bertz CT molecular complexity index is 738. The summed E-state index contributed by atoms with van der Waals surface area (Å²) in [6, 6.07) is 5.41. The van der Waals surface area contributed by atoms with Crippen molar-refractivity contribution in [3.8, 4) is 0 Å². The maximum atomic E-state index is 13.0. The Morgan fingerprint density at radius 2 is 1.52 bits per heavy atom. The van der Waals surface area contributed by atoms with E-state index in [1.54, 1.807) is 32.9 Å². The summed E-state index contributed by atoms with van der Waals surface area (Å²) in [7, 11) is -4.05. The number of carbonyl (C=O) groups excluding carboxylic acids is 2. The molecule has 2 rings (SSSR count). The summed E-state index contributed by atoms with van der Waals surface area (Å²) in [5, 5.41) is 0. The van der Waals surface area contributed by atoms with Gasteiger partial charge in [-0.15, -0.1) is 0 Å². The standard InChI is InChI=1S/C17H23NO6S/c1-5-14-17(15(19)23-6-2,16(20)24-7-3)18(14)25(21,22)13-10-8-12(4)9-11-13/h8-11,14H,5-7H2,1-4H3/t14-,18?/m0/s1. The van der Waals surface area contributed by atoms with Gasteiger partial charge in [0.1, 0.15) is 0 Å². The molecule has 0 aliphatic carbocycles. The Morgan fingerprint density at radius 1 is 1.04 bits per heavy atom. The lowest BCUT2D eigenvalue weighted by atomic mass is 10.0. The van der Waals surface area contributed by atoms with Crippen LogP contribution in [-0.4, -0.2) is 49.5 Å². The summed E-state index contributed by atoms with van der Waals surface area (Å²) < 4.78 is 37.0. The highest BCUT2D eigenvalue weighted by Crippen LogP contribution is 2.49. The third-order valence-electron chi connectivity index (χ3n) is 4.18. The Balaban J connectivity index is 2.52. The van der Waals surface area contributed by atoms with E-state index in [9.17, 15) is 18.0 Å². The second-order valence-corrected chi connectivity index (χ2v) is 7.56. The van der Waals surface area contributed by atoms with Crippen LogP contribution in [0.15, 0.2) is 29.2 Å².